The number of likely N-dealkylation sites (N-methyl/N-ethyl adjacent to an activating group) is 1. The van der Waals surface area contributed by atoms with E-state index in [-0.39, 0.29) is 0 Å². The molecule has 3 nitrogen and oxygen atoms in total. The monoisotopic (exact) mass is 224 g/mol. The topological polar surface area (TPSA) is 24.5 Å². The third-order valence-corrected chi connectivity index (χ3v) is 3.31. The molecule has 0 radical (unpaired) electrons. The molecule has 1 fully saturated rings. The van der Waals surface area contributed by atoms with Crippen LogP contribution in [0.25, 0.3) is 0 Å². The summed E-state index contributed by atoms with van der Waals surface area (Å²) in [4.78, 5) is 2.42. The van der Waals surface area contributed by atoms with Crippen molar-refractivity contribution in [3.63, 3.8) is 0 Å². The summed E-state index contributed by atoms with van der Waals surface area (Å²) >= 11 is 0. The van der Waals surface area contributed by atoms with E-state index in [4.69, 9.17) is 11.2 Å². The van der Waals surface area contributed by atoms with Crippen molar-refractivity contribution in [3.05, 3.63) is 0 Å². The normalized spacial score (nSPS) is 19.6. The van der Waals surface area contributed by atoms with E-state index in [9.17, 15) is 0 Å². The van der Waals surface area contributed by atoms with Gasteiger partial charge in [0.15, 0.2) is 0 Å². The van der Waals surface area contributed by atoms with Crippen LogP contribution in [0, 0.1) is 18.3 Å². The molecule has 0 aromatic carbocycles. The van der Waals surface area contributed by atoms with E-state index in [0.29, 0.717) is 12.6 Å². The zero-order chi connectivity index (χ0) is 11.8. The van der Waals surface area contributed by atoms with Crippen LogP contribution in [0.5, 0.6) is 0 Å². The number of rotatable bonds is 6. The highest BCUT2D eigenvalue weighted by molar-refractivity contribution is 4.87. The second kappa shape index (κ2) is 7.67. The second-order valence-electron chi connectivity index (χ2n) is 4.68. The minimum absolute atomic E-state index is 0.538. The van der Waals surface area contributed by atoms with Gasteiger partial charge in [-0.1, -0.05) is 5.92 Å². The molecular formula is C13H24N2O. The van der Waals surface area contributed by atoms with Gasteiger partial charge in [-0.15, -0.1) is 6.42 Å². The molecule has 0 bridgehead atoms. The van der Waals surface area contributed by atoms with Crippen LogP contribution in [0.3, 0.4) is 0 Å². The lowest BCUT2D eigenvalue weighted by atomic mass is 9.99. The van der Waals surface area contributed by atoms with Crippen LogP contribution in [0.4, 0.5) is 0 Å². The summed E-state index contributed by atoms with van der Waals surface area (Å²) in [6.07, 6.45) is 7.61. The van der Waals surface area contributed by atoms with Gasteiger partial charge in [0, 0.05) is 32.3 Å². The molecule has 0 aliphatic carbocycles. The van der Waals surface area contributed by atoms with Crippen LogP contribution in [0.1, 0.15) is 19.8 Å². The van der Waals surface area contributed by atoms with Gasteiger partial charge in [0.25, 0.3) is 0 Å². The van der Waals surface area contributed by atoms with Crippen molar-refractivity contribution in [1.82, 2.24) is 10.2 Å². The van der Waals surface area contributed by atoms with Gasteiger partial charge in [0.2, 0.25) is 0 Å². The van der Waals surface area contributed by atoms with Gasteiger partial charge < -0.3 is 15.0 Å². The average molecular weight is 224 g/mol. The highest BCUT2D eigenvalue weighted by Crippen LogP contribution is 2.16. The van der Waals surface area contributed by atoms with Crippen molar-refractivity contribution in [3.8, 4) is 12.3 Å². The van der Waals surface area contributed by atoms with E-state index in [0.717, 1.165) is 25.7 Å². The van der Waals surface area contributed by atoms with Gasteiger partial charge in [0.1, 0.15) is 0 Å². The number of terminal acetylenes is 1. The van der Waals surface area contributed by atoms with E-state index < -0.39 is 0 Å². The molecule has 0 aromatic rings. The number of nitrogens with one attached hydrogen (secondary N) is 1. The van der Waals surface area contributed by atoms with E-state index in [1.165, 1.54) is 19.4 Å². The standard InChI is InChI=1S/C13H24N2O/c1-4-7-14-10-12(2)15(3)11-13-5-8-16-9-6-13/h1,12-14H,5-11H2,2-3H3. The summed E-state index contributed by atoms with van der Waals surface area (Å²) in [5.41, 5.74) is 0. The molecule has 3 heteroatoms. The zero-order valence-corrected chi connectivity index (χ0v) is 10.5. The average Bonchev–Trinajstić information content (AvgIpc) is 2.30. The Kier molecular flexibility index (Phi) is 6.47. The van der Waals surface area contributed by atoms with Gasteiger partial charge in [0.05, 0.1) is 6.54 Å². The summed E-state index contributed by atoms with van der Waals surface area (Å²) < 4.78 is 5.37. The molecule has 1 aliphatic heterocycles. The number of ether oxygens (including phenoxy) is 1. The molecule has 0 spiro atoms. The number of hydrogen-bond donors (Lipinski definition) is 1. The van der Waals surface area contributed by atoms with Crippen molar-refractivity contribution in [2.24, 2.45) is 5.92 Å². The van der Waals surface area contributed by atoms with Crippen LogP contribution in [-0.2, 0) is 4.74 Å². The van der Waals surface area contributed by atoms with E-state index in [1.54, 1.807) is 0 Å². The highest BCUT2D eigenvalue weighted by Gasteiger charge is 2.18. The molecular weight excluding hydrogens is 200 g/mol. The predicted octanol–water partition coefficient (Wildman–Crippen LogP) is 0.956. The van der Waals surface area contributed by atoms with Gasteiger partial charge in [-0.05, 0) is 32.7 Å². The summed E-state index contributed by atoms with van der Waals surface area (Å²) in [5.74, 6) is 3.40. The Hall–Kier alpha value is -0.560. The highest BCUT2D eigenvalue weighted by atomic mass is 16.5. The molecule has 1 heterocycles. The Morgan fingerprint density at radius 3 is 2.81 bits per heavy atom. The van der Waals surface area contributed by atoms with Crippen molar-refractivity contribution < 1.29 is 4.74 Å². The lowest BCUT2D eigenvalue weighted by Crippen LogP contribution is -2.41. The fraction of sp³-hybridized carbons (Fsp3) is 0.846. The molecule has 92 valence electrons. The van der Waals surface area contributed by atoms with Crippen molar-refractivity contribution in [2.45, 2.75) is 25.8 Å². The van der Waals surface area contributed by atoms with E-state index in [1.807, 2.05) is 0 Å². The smallest absolute Gasteiger partial charge is 0.0574 e. The summed E-state index contributed by atoms with van der Waals surface area (Å²) in [6, 6.07) is 0.538. The summed E-state index contributed by atoms with van der Waals surface area (Å²) in [7, 11) is 2.19. The van der Waals surface area contributed by atoms with Crippen molar-refractivity contribution in [1.29, 1.82) is 0 Å². The Balaban J connectivity index is 2.16. The van der Waals surface area contributed by atoms with E-state index in [2.05, 4.69) is 30.1 Å². The molecule has 1 rings (SSSR count). The van der Waals surface area contributed by atoms with Gasteiger partial charge in [-0.2, -0.15) is 0 Å². The Morgan fingerprint density at radius 1 is 1.50 bits per heavy atom. The predicted molar refractivity (Wildman–Crippen MR) is 67.3 cm³/mol. The van der Waals surface area contributed by atoms with Crippen LogP contribution in [-0.4, -0.2) is 50.8 Å². The summed E-state index contributed by atoms with van der Waals surface area (Å²) in [5, 5.41) is 3.25. The fourth-order valence-corrected chi connectivity index (χ4v) is 2.03. The van der Waals surface area contributed by atoms with Crippen LogP contribution in [0.2, 0.25) is 0 Å². The maximum absolute atomic E-state index is 5.37. The third kappa shape index (κ3) is 4.98. The second-order valence-corrected chi connectivity index (χ2v) is 4.68. The fourth-order valence-electron chi connectivity index (χ4n) is 2.03. The number of nitrogens with zero attached hydrogens (tertiary/aromatic N) is 1. The molecule has 1 saturated heterocycles. The Morgan fingerprint density at radius 2 is 2.19 bits per heavy atom. The van der Waals surface area contributed by atoms with Crippen molar-refractivity contribution in [2.75, 3.05) is 39.9 Å². The first kappa shape index (κ1) is 13.5. The minimum atomic E-state index is 0.538. The van der Waals surface area contributed by atoms with Crippen LogP contribution in [0.15, 0.2) is 0 Å². The third-order valence-electron chi connectivity index (χ3n) is 3.31. The molecule has 0 aromatic heterocycles. The lowest BCUT2D eigenvalue weighted by molar-refractivity contribution is 0.0514. The first-order valence-electron chi connectivity index (χ1n) is 6.16. The quantitative estimate of drug-likeness (QED) is 0.537. The van der Waals surface area contributed by atoms with Gasteiger partial charge in [-0.25, -0.2) is 0 Å². The largest absolute Gasteiger partial charge is 0.381 e. The molecule has 0 saturated carbocycles. The SMILES string of the molecule is C#CCNCC(C)N(C)CC1CCOCC1. The first-order valence-corrected chi connectivity index (χ1v) is 6.16. The lowest BCUT2D eigenvalue weighted by Gasteiger charge is -2.31. The molecule has 1 atom stereocenters. The molecule has 1 unspecified atom stereocenters. The summed E-state index contributed by atoms with van der Waals surface area (Å²) in [6.45, 7) is 6.90. The Labute approximate surface area is 99.5 Å². The Bertz CT molecular complexity index is 218. The first-order chi connectivity index (χ1) is 7.74. The van der Waals surface area contributed by atoms with Crippen molar-refractivity contribution >= 4 is 0 Å². The van der Waals surface area contributed by atoms with Crippen LogP contribution >= 0.6 is 0 Å². The number of hydrogen-bond acceptors (Lipinski definition) is 3. The van der Waals surface area contributed by atoms with Gasteiger partial charge >= 0.3 is 0 Å². The molecule has 1 aliphatic rings. The van der Waals surface area contributed by atoms with Gasteiger partial charge in [-0.3, -0.25) is 0 Å². The molecule has 16 heavy (non-hydrogen) atoms. The maximum atomic E-state index is 5.37. The molecule has 1 N–H and O–H groups in total. The van der Waals surface area contributed by atoms with E-state index >= 15 is 0 Å². The maximum Gasteiger partial charge on any atom is 0.0574 e. The minimum Gasteiger partial charge on any atom is -0.381 e. The molecule has 0 amide bonds. The zero-order valence-electron chi connectivity index (χ0n) is 10.5. The van der Waals surface area contributed by atoms with Crippen LogP contribution < -0.4 is 5.32 Å².